The first-order valence-electron chi connectivity index (χ1n) is 7.15. The summed E-state index contributed by atoms with van der Waals surface area (Å²) in [7, 11) is 0. The second-order valence-corrected chi connectivity index (χ2v) is 6.26. The van der Waals surface area contributed by atoms with Crippen LogP contribution in [-0.4, -0.2) is 29.5 Å². The van der Waals surface area contributed by atoms with E-state index in [2.05, 4.69) is 24.1 Å². The Kier molecular flexibility index (Phi) is 4.28. The third-order valence-electron chi connectivity index (χ3n) is 3.79. The van der Waals surface area contributed by atoms with E-state index in [-0.39, 0.29) is 10.6 Å². The topological polar surface area (TPSA) is 58.4 Å². The van der Waals surface area contributed by atoms with E-state index in [1.807, 2.05) is 19.1 Å². The van der Waals surface area contributed by atoms with Gasteiger partial charge in [0.1, 0.15) is 5.69 Å². The van der Waals surface area contributed by atoms with Crippen molar-refractivity contribution in [2.24, 2.45) is 5.41 Å². The summed E-state index contributed by atoms with van der Waals surface area (Å²) in [6.07, 6.45) is 1.19. The molecule has 5 nitrogen and oxygen atoms in total. The molecule has 0 aliphatic carbocycles. The molecule has 0 spiro atoms. The molecule has 1 saturated heterocycles. The number of hydrogen-bond acceptors (Lipinski definition) is 4. The van der Waals surface area contributed by atoms with Gasteiger partial charge in [-0.25, -0.2) is 0 Å². The molecule has 0 aromatic heterocycles. The van der Waals surface area contributed by atoms with Crippen molar-refractivity contribution in [3.05, 3.63) is 33.9 Å². The maximum atomic E-state index is 11.1. The lowest BCUT2D eigenvalue weighted by atomic mass is 9.93. The fourth-order valence-corrected chi connectivity index (χ4v) is 2.78. The van der Waals surface area contributed by atoms with Gasteiger partial charge >= 0.3 is 0 Å². The molecule has 0 atom stereocenters. The monoisotopic (exact) mass is 277 g/mol. The summed E-state index contributed by atoms with van der Waals surface area (Å²) in [5.41, 5.74) is 2.14. The van der Waals surface area contributed by atoms with E-state index >= 15 is 0 Å². The van der Waals surface area contributed by atoms with E-state index < -0.39 is 0 Å². The van der Waals surface area contributed by atoms with Gasteiger partial charge in [0.25, 0.3) is 5.69 Å². The van der Waals surface area contributed by atoms with Crippen molar-refractivity contribution in [1.82, 2.24) is 4.90 Å². The number of likely N-dealkylation sites (tertiary alicyclic amines) is 1. The highest BCUT2D eigenvalue weighted by molar-refractivity contribution is 5.62. The van der Waals surface area contributed by atoms with Gasteiger partial charge < -0.3 is 5.32 Å². The second-order valence-electron chi connectivity index (χ2n) is 6.26. The van der Waals surface area contributed by atoms with Gasteiger partial charge in [0.15, 0.2) is 0 Å². The van der Waals surface area contributed by atoms with Crippen molar-refractivity contribution in [3.8, 4) is 0 Å². The number of rotatable bonds is 5. The first-order chi connectivity index (χ1) is 9.41. The molecule has 1 aliphatic heterocycles. The number of anilines is 1. The lowest BCUT2D eigenvalue weighted by molar-refractivity contribution is -0.384. The van der Waals surface area contributed by atoms with Crippen molar-refractivity contribution in [3.63, 3.8) is 0 Å². The standard InChI is InChI=1S/C15H23N3O2/c1-4-16-13-6-5-12(9-14(13)18(19)20)10-17-8-7-15(2,3)11-17/h5-6,9,16H,4,7-8,10-11H2,1-3H3. The highest BCUT2D eigenvalue weighted by Crippen LogP contribution is 2.31. The molecule has 1 fully saturated rings. The predicted octanol–water partition coefficient (Wildman–Crippen LogP) is 3.26. The Balaban J connectivity index is 2.13. The van der Waals surface area contributed by atoms with Crippen molar-refractivity contribution < 1.29 is 4.92 Å². The summed E-state index contributed by atoms with van der Waals surface area (Å²) in [5.74, 6) is 0. The zero-order valence-corrected chi connectivity index (χ0v) is 12.5. The molecule has 0 amide bonds. The van der Waals surface area contributed by atoms with Crippen LogP contribution >= 0.6 is 0 Å². The van der Waals surface area contributed by atoms with Gasteiger partial charge in [0, 0.05) is 25.7 Å². The average Bonchev–Trinajstić information content (AvgIpc) is 2.70. The molecule has 2 rings (SSSR count). The highest BCUT2D eigenvalue weighted by Gasteiger charge is 2.29. The summed E-state index contributed by atoms with van der Waals surface area (Å²) in [5, 5.41) is 14.2. The third kappa shape index (κ3) is 3.48. The van der Waals surface area contributed by atoms with Gasteiger partial charge in [-0.1, -0.05) is 19.9 Å². The average molecular weight is 277 g/mol. The molecule has 1 aromatic rings. The van der Waals surface area contributed by atoms with Crippen molar-refractivity contribution in [1.29, 1.82) is 0 Å². The first-order valence-corrected chi connectivity index (χ1v) is 7.15. The Labute approximate surface area is 120 Å². The highest BCUT2D eigenvalue weighted by atomic mass is 16.6. The van der Waals surface area contributed by atoms with Crippen LogP contribution in [0.15, 0.2) is 18.2 Å². The molecule has 1 heterocycles. The summed E-state index contributed by atoms with van der Waals surface area (Å²) < 4.78 is 0. The summed E-state index contributed by atoms with van der Waals surface area (Å²) >= 11 is 0. The summed E-state index contributed by atoms with van der Waals surface area (Å²) in [4.78, 5) is 13.2. The maximum absolute atomic E-state index is 11.1. The van der Waals surface area contributed by atoms with Crippen LogP contribution in [0.4, 0.5) is 11.4 Å². The Morgan fingerprint density at radius 3 is 2.75 bits per heavy atom. The van der Waals surface area contributed by atoms with Crippen molar-refractivity contribution in [2.45, 2.75) is 33.7 Å². The largest absolute Gasteiger partial charge is 0.380 e. The fourth-order valence-electron chi connectivity index (χ4n) is 2.78. The minimum Gasteiger partial charge on any atom is -0.380 e. The number of nitro groups is 1. The minimum atomic E-state index is -0.310. The van der Waals surface area contributed by atoms with Crippen LogP contribution in [0.2, 0.25) is 0 Å². The molecule has 1 aliphatic rings. The van der Waals surface area contributed by atoms with Crippen LogP contribution in [0.5, 0.6) is 0 Å². The molecule has 0 unspecified atom stereocenters. The molecule has 110 valence electrons. The smallest absolute Gasteiger partial charge is 0.292 e. The van der Waals surface area contributed by atoms with Crippen molar-refractivity contribution >= 4 is 11.4 Å². The van der Waals surface area contributed by atoms with Crippen LogP contribution in [-0.2, 0) is 6.54 Å². The first kappa shape index (κ1) is 14.8. The number of nitrogens with one attached hydrogen (secondary N) is 1. The zero-order valence-electron chi connectivity index (χ0n) is 12.5. The minimum absolute atomic E-state index is 0.169. The lowest BCUT2D eigenvalue weighted by Crippen LogP contribution is -2.22. The van der Waals surface area contributed by atoms with E-state index in [0.29, 0.717) is 17.6 Å². The molecule has 20 heavy (non-hydrogen) atoms. The molecule has 0 radical (unpaired) electrons. The van der Waals surface area contributed by atoms with E-state index in [4.69, 9.17) is 0 Å². The maximum Gasteiger partial charge on any atom is 0.292 e. The SMILES string of the molecule is CCNc1ccc(CN2CCC(C)(C)C2)cc1[N+](=O)[O-]. The molecular formula is C15H23N3O2. The normalized spacial score (nSPS) is 18.1. The Hall–Kier alpha value is -1.62. The van der Waals surface area contributed by atoms with Crippen LogP contribution in [0.1, 0.15) is 32.8 Å². The Morgan fingerprint density at radius 2 is 2.20 bits per heavy atom. The van der Waals surface area contributed by atoms with Gasteiger partial charge in [-0.05, 0) is 36.9 Å². The number of nitrogens with zero attached hydrogens (tertiary/aromatic N) is 2. The van der Waals surface area contributed by atoms with E-state index in [0.717, 1.165) is 25.2 Å². The number of nitro benzene ring substituents is 1. The van der Waals surface area contributed by atoms with Gasteiger partial charge in [0.2, 0.25) is 0 Å². The molecular weight excluding hydrogens is 254 g/mol. The van der Waals surface area contributed by atoms with Crippen LogP contribution < -0.4 is 5.32 Å². The third-order valence-corrected chi connectivity index (χ3v) is 3.79. The van der Waals surface area contributed by atoms with E-state index in [9.17, 15) is 10.1 Å². The van der Waals surface area contributed by atoms with Gasteiger partial charge in [0.05, 0.1) is 4.92 Å². The van der Waals surface area contributed by atoms with E-state index in [1.165, 1.54) is 6.42 Å². The lowest BCUT2D eigenvalue weighted by Gasteiger charge is -2.19. The summed E-state index contributed by atoms with van der Waals surface area (Å²) in [6.45, 7) is 10.1. The molecule has 1 aromatic carbocycles. The van der Waals surface area contributed by atoms with Crippen molar-refractivity contribution in [2.75, 3.05) is 25.0 Å². The Bertz CT molecular complexity index is 500. The second kappa shape index (κ2) is 5.79. The van der Waals surface area contributed by atoms with Gasteiger partial charge in [-0.3, -0.25) is 15.0 Å². The molecule has 5 heteroatoms. The molecule has 0 saturated carbocycles. The molecule has 0 bridgehead atoms. The number of benzene rings is 1. The Morgan fingerprint density at radius 1 is 1.45 bits per heavy atom. The van der Waals surface area contributed by atoms with E-state index in [1.54, 1.807) is 6.07 Å². The van der Waals surface area contributed by atoms with Crippen LogP contribution in [0, 0.1) is 15.5 Å². The number of hydrogen-bond donors (Lipinski definition) is 1. The summed E-state index contributed by atoms with van der Waals surface area (Å²) in [6, 6.07) is 5.50. The van der Waals surface area contributed by atoms with Gasteiger partial charge in [-0.2, -0.15) is 0 Å². The molecule has 1 N–H and O–H groups in total. The predicted molar refractivity (Wildman–Crippen MR) is 80.9 cm³/mol. The zero-order chi connectivity index (χ0) is 14.8. The quantitative estimate of drug-likeness (QED) is 0.663. The van der Waals surface area contributed by atoms with Crippen LogP contribution in [0.3, 0.4) is 0 Å². The van der Waals surface area contributed by atoms with Gasteiger partial charge in [-0.15, -0.1) is 0 Å². The fraction of sp³-hybridized carbons (Fsp3) is 0.600. The van der Waals surface area contributed by atoms with Crippen LogP contribution in [0.25, 0.3) is 0 Å².